The molecule has 1 rings (SSSR count). The van der Waals surface area contributed by atoms with Crippen LogP contribution in [0.3, 0.4) is 0 Å². The van der Waals surface area contributed by atoms with Crippen LogP contribution in [0.2, 0.25) is 0 Å². The summed E-state index contributed by atoms with van der Waals surface area (Å²) in [5.74, 6) is 1.19. The zero-order chi connectivity index (χ0) is 9.68. The Balaban J connectivity index is 2.77. The van der Waals surface area contributed by atoms with Crippen molar-refractivity contribution in [3.05, 3.63) is 12.2 Å². The van der Waals surface area contributed by atoms with Crippen LogP contribution in [-0.4, -0.2) is 28.5 Å². The first kappa shape index (κ1) is 10.5. The molecule has 0 aliphatic carbocycles. The lowest BCUT2D eigenvalue weighted by Crippen LogP contribution is -2.15. The van der Waals surface area contributed by atoms with Crippen LogP contribution in [0.4, 0.5) is 0 Å². The van der Waals surface area contributed by atoms with E-state index < -0.39 is 0 Å². The molecule has 1 unspecified atom stereocenters. The second-order valence-corrected chi connectivity index (χ2v) is 3.07. The number of nitrogens with zero attached hydrogens (tertiary/aromatic N) is 3. The molecule has 5 heteroatoms. The highest BCUT2D eigenvalue weighted by Gasteiger charge is 2.12. The van der Waals surface area contributed by atoms with E-state index in [0.29, 0.717) is 12.5 Å². The van der Waals surface area contributed by atoms with Crippen molar-refractivity contribution in [2.75, 3.05) is 13.7 Å². The van der Waals surface area contributed by atoms with Gasteiger partial charge in [-0.25, -0.2) is 0 Å². The molecule has 0 saturated heterocycles. The SMILES string of the molecule is CCC(COC)n1cnnc1CCl. The van der Waals surface area contributed by atoms with Crippen molar-refractivity contribution in [2.24, 2.45) is 0 Å². The highest BCUT2D eigenvalue weighted by atomic mass is 35.5. The predicted octanol–water partition coefficient (Wildman–Crippen LogP) is 1.61. The van der Waals surface area contributed by atoms with Gasteiger partial charge < -0.3 is 9.30 Å². The van der Waals surface area contributed by atoms with E-state index in [-0.39, 0.29) is 6.04 Å². The lowest BCUT2D eigenvalue weighted by atomic mass is 10.2. The summed E-state index contributed by atoms with van der Waals surface area (Å²) in [6.07, 6.45) is 2.68. The number of methoxy groups -OCH3 is 1. The molecule has 0 saturated carbocycles. The summed E-state index contributed by atoms with van der Waals surface area (Å²) in [7, 11) is 1.69. The average molecular weight is 204 g/mol. The summed E-state index contributed by atoms with van der Waals surface area (Å²) < 4.78 is 7.07. The van der Waals surface area contributed by atoms with E-state index in [1.807, 2.05) is 4.57 Å². The van der Waals surface area contributed by atoms with Crippen molar-refractivity contribution in [1.82, 2.24) is 14.8 Å². The molecule has 0 aromatic carbocycles. The van der Waals surface area contributed by atoms with Gasteiger partial charge in [-0.15, -0.1) is 21.8 Å². The third kappa shape index (κ3) is 2.42. The molecule has 0 radical (unpaired) electrons. The fourth-order valence-corrected chi connectivity index (χ4v) is 1.45. The van der Waals surface area contributed by atoms with E-state index in [1.54, 1.807) is 13.4 Å². The van der Waals surface area contributed by atoms with Crippen LogP contribution in [0.15, 0.2) is 6.33 Å². The molecule has 74 valence electrons. The Morgan fingerprint density at radius 1 is 1.69 bits per heavy atom. The van der Waals surface area contributed by atoms with Gasteiger partial charge in [0, 0.05) is 7.11 Å². The van der Waals surface area contributed by atoms with Crippen LogP contribution < -0.4 is 0 Å². The molecular formula is C8H14ClN3O. The quantitative estimate of drug-likeness (QED) is 0.683. The lowest BCUT2D eigenvalue weighted by molar-refractivity contribution is 0.152. The average Bonchev–Trinajstić information content (AvgIpc) is 2.61. The van der Waals surface area contributed by atoms with Crippen LogP contribution in [-0.2, 0) is 10.6 Å². The van der Waals surface area contributed by atoms with Crippen molar-refractivity contribution in [1.29, 1.82) is 0 Å². The van der Waals surface area contributed by atoms with Gasteiger partial charge in [0.15, 0.2) is 0 Å². The van der Waals surface area contributed by atoms with Gasteiger partial charge >= 0.3 is 0 Å². The second-order valence-electron chi connectivity index (χ2n) is 2.81. The van der Waals surface area contributed by atoms with Crippen molar-refractivity contribution < 1.29 is 4.74 Å². The number of aromatic nitrogens is 3. The van der Waals surface area contributed by atoms with Crippen molar-refractivity contribution >= 4 is 11.6 Å². The first-order valence-electron chi connectivity index (χ1n) is 4.26. The van der Waals surface area contributed by atoms with Gasteiger partial charge in [0.25, 0.3) is 0 Å². The Hall–Kier alpha value is -0.610. The Morgan fingerprint density at radius 2 is 2.46 bits per heavy atom. The molecule has 1 heterocycles. The topological polar surface area (TPSA) is 39.9 Å². The summed E-state index contributed by atoms with van der Waals surface area (Å²) in [5.41, 5.74) is 0. The zero-order valence-electron chi connectivity index (χ0n) is 7.90. The molecule has 4 nitrogen and oxygen atoms in total. The van der Waals surface area contributed by atoms with Gasteiger partial charge in [-0.1, -0.05) is 6.92 Å². The first-order valence-corrected chi connectivity index (χ1v) is 4.80. The van der Waals surface area contributed by atoms with Gasteiger partial charge in [-0.3, -0.25) is 0 Å². The van der Waals surface area contributed by atoms with Crippen LogP contribution in [0.25, 0.3) is 0 Å². The number of hydrogen-bond donors (Lipinski definition) is 0. The van der Waals surface area contributed by atoms with Crippen LogP contribution in [0.5, 0.6) is 0 Å². The molecule has 1 aromatic heterocycles. The van der Waals surface area contributed by atoms with Gasteiger partial charge in [0.2, 0.25) is 0 Å². The maximum Gasteiger partial charge on any atom is 0.148 e. The summed E-state index contributed by atoms with van der Waals surface area (Å²) >= 11 is 5.71. The molecular weight excluding hydrogens is 190 g/mol. The fourth-order valence-electron chi connectivity index (χ4n) is 1.25. The molecule has 1 aromatic rings. The molecule has 0 spiro atoms. The fraction of sp³-hybridized carbons (Fsp3) is 0.750. The van der Waals surface area contributed by atoms with Crippen molar-refractivity contribution in [3.63, 3.8) is 0 Å². The van der Waals surface area contributed by atoms with E-state index >= 15 is 0 Å². The molecule has 0 aliphatic rings. The summed E-state index contributed by atoms with van der Waals surface area (Å²) in [5, 5.41) is 7.73. The second kappa shape index (κ2) is 5.19. The minimum absolute atomic E-state index is 0.286. The maximum absolute atomic E-state index is 5.71. The molecule has 0 fully saturated rings. The number of rotatable bonds is 5. The zero-order valence-corrected chi connectivity index (χ0v) is 8.66. The van der Waals surface area contributed by atoms with Crippen molar-refractivity contribution in [3.8, 4) is 0 Å². The highest BCUT2D eigenvalue weighted by Crippen LogP contribution is 2.14. The Morgan fingerprint density at radius 3 is 3.00 bits per heavy atom. The van der Waals surface area contributed by atoms with E-state index in [1.165, 1.54) is 0 Å². The van der Waals surface area contributed by atoms with Crippen molar-refractivity contribution in [2.45, 2.75) is 25.3 Å². The number of ether oxygens (including phenoxy) is 1. The molecule has 0 N–H and O–H groups in total. The van der Waals surface area contributed by atoms with E-state index in [0.717, 1.165) is 12.2 Å². The Kier molecular flexibility index (Phi) is 4.18. The molecule has 0 amide bonds. The summed E-state index contributed by atoms with van der Waals surface area (Å²) in [6.45, 7) is 2.76. The molecule has 1 atom stereocenters. The van der Waals surface area contributed by atoms with Crippen LogP contribution in [0.1, 0.15) is 25.2 Å². The lowest BCUT2D eigenvalue weighted by Gasteiger charge is -2.16. The number of halogens is 1. The van der Waals surface area contributed by atoms with Crippen LogP contribution in [0, 0.1) is 0 Å². The standard InChI is InChI=1S/C8H14ClN3O/c1-3-7(5-13-2)12-6-10-11-8(12)4-9/h6-7H,3-5H2,1-2H3. The summed E-state index contributed by atoms with van der Waals surface area (Å²) in [4.78, 5) is 0. The largest absolute Gasteiger partial charge is 0.383 e. The first-order chi connectivity index (χ1) is 6.33. The third-order valence-corrected chi connectivity index (χ3v) is 2.23. The third-order valence-electron chi connectivity index (χ3n) is 1.99. The minimum Gasteiger partial charge on any atom is -0.383 e. The smallest absolute Gasteiger partial charge is 0.148 e. The molecule has 0 bridgehead atoms. The minimum atomic E-state index is 0.286. The normalized spacial score (nSPS) is 13.2. The predicted molar refractivity (Wildman–Crippen MR) is 50.8 cm³/mol. The van der Waals surface area contributed by atoms with E-state index in [4.69, 9.17) is 16.3 Å². The number of hydrogen-bond acceptors (Lipinski definition) is 3. The maximum atomic E-state index is 5.71. The van der Waals surface area contributed by atoms with Gasteiger partial charge in [-0.05, 0) is 6.42 Å². The molecule has 0 aliphatic heterocycles. The van der Waals surface area contributed by atoms with E-state index in [2.05, 4.69) is 17.1 Å². The van der Waals surface area contributed by atoms with Gasteiger partial charge in [0.05, 0.1) is 18.5 Å². The monoisotopic (exact) mass is 203 g/mol. The van der Waals surface area contributed by atoms with Gasteiger partial charge in [-0.2, -0.15) is 0 Å². The number of alkyl halides is 1. The summed E-state index contributed by atoms with van der Waals surface area (Å²) in [6, 6.07) is 0.286. The highest BCUT2D eigenvalue weighted by molar-refractivity contribution is 6.16. The van der Waals surface area contributed by atoms with E-state index in [9.17, 15) is 0 Å². The van der Waals surface area contributed by atoms with Crippen LogP contribution >= 0.6 is 11.6 Å². The molecule has 13 heavy (non-hydrogen) atoms. The Bertz CT molecular complexity index is 251. The van der Waals surface area contributed by atoms with Gasteiger partial charge in [0.1, 0.15) is 12.2 Å². The Labute approximate surface area is 82.9 Å².